The number of piperidine rings is 8. The molecular formula is C125H201N17O8. The molecule has 2 unspecified atom stereocenters. The fourth-order valence-corrected chi connectivity index (χ4v) is 21.8. The number of morpholine rings is 1. The van der Waals surface area contributed by atoms with Crippen molar-refractivity contribution in [3.63, 3.8) is 0 Å². The summed E-state index contributed by atoms with van der Waals surface area (Å²) >= 11 is 0. The third-order valence-electron chi connectivity index (χ3n) is 32.7. The van der Waals surface area contributed by atoms with E-state index in [9.17, 15) is 35.7 Å². The molecule has 0 aromatic carbocycles. The van der Waals surface area contributed by atoms with Gasteiger partial charge in [-0.15, -0.1) is 0 Å². The first-order chi connectivity index (χ1) is 71.3. The van der Waals surface area contributed by atoms with Crippen molar-refractivity contribution in [2.45, 2.75) is 365 Å². The van der Waals surface area contributed by atoms with E-state index in [1.54, 1.807) is 0 Å². The van der Waals surface area contributed by atoms with E-state index >= 15 is 0 Å². The minimum Gasteiger partial charge on any atom is -0.393 e. The maximum Gasteiger partial charge on any atom is 0.0636 e. The van der Waals surface area contributed by atoms with Crippen LogP contribution in [0.25, 0.3) is 0 Å². The molecule has 0 aliphatic carbocycles. The standard InChI is InChI=1S/C18H29N3O.2C16H26N2O.5C15H24N2O/c1-15(2)18-4-3-17(13-19-18)21-7-5-16(6-8-21)14-20-9-11-22-12-10-20;1-12(2)15-6-5-14(11-17-15)18-9-7-13(8-10-18)16(3,4)19;1-12(2)15-8-7-14(10-17-15)18-9-5-6-13(11-18)16(3,4)19;5*1-11(2)15-7-6-14(9-16-15)17-8-4-5-13(10-17)12(3)18/h3-4,13,15-16H,5-12,14H2,1-2H3;5-6,11-13,19H,7-10H2,1-4H3;7-8,10,12-13,19H,5-6,9,11H2,1-4H3;5*6-7,9,11-13,18H,4-5,8,10H2,1-3H3/t;;13-;2*12-,13+;2*12-,13-;/m..11010./s1. The van der Waals surface area contributed by atoms with E-state index in [-0.39, 0.29) is 30.5 Å². The largest absolute Gasteiger partial charge is 0.393 e. The highest BCUT2D eigenvalue weighted by atomic mass is 16.5. The molecule has 11 atom stereocenters. The summed E-state index contributed by atoms with van der Waals surface area (Å²) in [4.78, 5) is 57.8. The summed E-state index contributed by atoms with van der Waals surface area (Å²) in [5.74, 6) is 7.40. The molecule has 25 nitrogen and oxygen atoms in total. The van der Waals surface area contributed by atoms with Gasteiger partial charge in [-0.05, 0) is 321 Å². The average molecular weight is 2070 g/mol. The third-order valence-corrected chi connectivity index (χ3v) is 32.7. The van der Waals surface area contributed by atoms with Gasteiger partial charge < -0.3 is 79.7 Å². The summed E-state index contributed by atoms with van der Waals surface area (Å²) in [5.41, 5.74) is 17.6. The molecule has 0 spiro atoms. The molecule has 17 rings (SSSR count). The molecule has 0 saturated carbocycles. The molecule has 9 fully saturated rings. The first-order valence-corrected chi connectivity index (χ1v) is 58.2. The number of pyridine rings is 8. The van der Waals surface area contributed by atoms with E-state index in [0.29, 0.717) is 88.8 Å². The fourth-order valence-electron chi connectivity index (χ4n) is 21.8. The summed E-state index contributed by atoms with van der Waals surface area (Å²) in [7, 11) is 0. The van der Waals surface area contributed by atoms with Gasteiger partial charge in [0.25, 0.3) is 0 Å². The van der Waals surface area contributed by atoms with Crippen LogP contribution in [-0.4, -0.2) is 260 Å². The molecule has 0 bridgehead atoms. The normalized spacial score (nSPS) is 21.5. The highest BCUT2D eigenvalue weighted by molar-refractivity contribution is 5.52. The second kappa shape index (κ2) is 60.9. The van der Waals surface area contributed by atoms with Gasteiger partial charge in [0.1, 0.15) is 0 Å². The van der Waals surface area contributed by atoms with Crippen molar-refractivity contribution in [3.05, 3.63) is 192 Å². The first-order valence-electron chi connectivity index (χ1n) is 58.2. The summed E-state index contributed by atoms with van der Waals surface area (Å²) < 4.78 is 5.43. The molecule has 25 heteroatoms. The van der Waals surface area contributed by atoms with Crippen LogP contribution >= 0.6 is 0 Å². The fraction of sp³-hybridized carbons (Fsp3) is 0.680. The van der Waals surface area contributed by atoms with Crippen LogP contribution in [0, 0.1) is 47.3 Å². The lowest BCUT2D eigenvalue weighted by atomic mass is 9.83. The van der Waals surface area contributed by atoms with Crippen molar-refractivity contribution in [3.8, 4) is 0 Å². The molecule has 9 aliphatic heterocycles. The first kappa shape index (κ1) is 123. The highest BCUT2D eigenvalue weighted by Crippen LogP contribution is 2.38. The van der Waals surface area contributed by atoms with E-state index < -0.39 is 11.2 Å². The topological polar surface area (TPSA) is 283 Å². The molecule has 17 heterocycles. The smallest absolute Gasteiger partial charge is 0.0636 e. The predicted octanol–water partition coefficient (Wildman–Crippen LogP) is 23.1. The molecule has 9 aliphatic rings. The summed E-state index contributed by atoms with van der Waals surface area (Å²) in [6.07, 6.45) is 33.2. The monoisotopic (exact) mass is 2070 g/mol. The zero-order valence-electron chi connectivity index (χ0n) is 97.3. The van der Waals surface area contributed by atoms with Crippen molar-refractivity contribution in [2.24, 2.45) is 47.3 Å². The Morgan fingerprint density at radius 2 is 0.433 bits per heavy atom. The minimum atomic E-state index is -0.593. The molecule has 0 radical (unpaired) electrons. The number of anilines is 8. The van der Waals surface area contributed by atoms with Crippen LogP contribution in [0.5, 0.6) is 0 Å². The number of hydrogen-bond acceptors (Lipinski definition) is 25. The van der Waals surface area contributed by atoms with Crippen molar-refractivity contribution in [2.75, 3.05) is 177 Å². The Bertz CT molecular complexity index is 4560. The van der Waals surface area contributed by atoms with Gasteiger partial charge in [-0.25, -0.2) is 0 Å². The number of aliphatic hydroxyl groups excluding tert-OH is 5. The van der Waals surface area contributed by atoms with E-state index in [1.807, 2.05) is 106 Å². The van der Waals surface area contributed by atoms with Crippen molar-refractivity contribution >= 4 is 45.5 Å². The predicted molar refractivity (Wildman–Crippen MR) is 624 cm³/mol. The summed E-state index contributed by atoms with van der Waals surface area (Å²) in [6.45, 7) is 73.5. The number of nitrogens with zero attached hydrogens (tertiary/aromatic N) is 17. The maximum atomic E-state index is 10.2. The number of ether oxygens (including phenoxy) is 1. The molecule has 7 N–H and O–H groups in total. The molecule has 9 saturated heterocycles. The van der Waals surface area contributed by atoms with Crippen LogP contribution in [0.3, 0.4) is 0 Å². The van der Waals surface area contributed by atoms with Gasteiger partial charge in [-0.1, -0.05) is 111 Å². The van der Waals surface area contributed by atoms with Crippen LogP contribution in [0.4, 0.5) is 45.5 Å². The van der Waals surface area contributed by atoms with Gasteiger partial charge in [0.15, 0.2) is 0 Å². The van der Waals surface area contributed by atoms with E-state index in [0.717, 1.165) is 267 Å². The van der Waals surface area contributed by atoms with Crippen molar-refractivity contribution in [1.29, 1.82) is 0 Å². The number of hydrogen-bond donors (Lipinski definition) is 7. The molecular weight excluding hydrogens is 1870 g/mol. The second-order valence-electron chi connectivity index (χ2n) is 48.4. The maximum absolute atomic E-state index is 10.2. The van der Waals surface area contributed by atoms with Crippen molar-refractivity contribution < 1.29 is 40.5 Å². The van der Waals surface area contributed by atoms with Gasteiger partial charge in [0.05, 0.1) is 150 Å². The average Bonchev–Trinajstić information content (AvgIpc) is 0.819. The van der Waals surface area contributed by atoms with Gasteiger partial charge in [-0.3, -0.25) is 44.8 Å². The van der Waals surface area contributed by atoms with Gasteiger partial charge >= 0.3 is 0 Å². The number of aromatic nitrogens is 8. The second-order valence-corrected chi connectivity index (χ2v) is 48.4. The lowest BCUT2D eigenvalue weighted by Crippen LogP contribution is -2.44. The Balaban J connectivity index is 0.000000175. The van der Waals surface area contributed by atoms with Crippen LogP contribution in [0.2, 0.25) is 0 Å². The van der Waals surface area contributed by atoms with Gasteiger partial charge in [0.2, 0.25) is 0 Å². The number of aliphatic hydroxyl groups is 7. The Labute approximate surface area is 906 Å². The van der Waals surface area contributed by atoms with Crippen molar-refractivity contribution in [1.82, 2.24) is 44.8 Å². The summed E-state index contributed by atoms with van der Waals surface area (Å²) in [6, 6.07) is 34.4. The van der Waals surface area contributed by atoms with Gasteiger partial charge in [0, 0.05) is 205 Å². The van der Waals surface area contributed by atoms with Crippen LogP contribution in [0.15, 0.2) is 147 Å². The molecule has 150 heavy (non-hydrogen) atoms. The lowest BCUT2D eigenvalue weighted by Gasteiger charge is -2.39. The molecule has 834 valence electrons. The van der Waals surface area contributed by atoms with Crippen LogP contribution in [-0.2, 0) is 4.74 Å². The number of rotatable bonds is 25. The van der Waals surface area contributed by atoms with Gasteiger partial charge in [-0.2, -0.15) is 0 Å². The zero-order valence-corrected chi connectivity index (χ0v) is 97.3. The highest BCUT2D eigenvalue weighted by Gasteiger charge is 2.36. The Hall–Kier alpha value is -8.76. The summed E-state index contributed by atoms with van der Waals surface area (Å²) in [5, 5.41) is 68.8. The SMILES string of the molecule is CC(C)c1ccc(N2CCC(C(C)(C)O)CC2)cn1.CC(C)c1ccc(N2CCC(CN3CCOCC3)CC2)cn1.CC(C)c1ccc(N2CCCC(C(C)O)C2)cn1.CC(C)c1ccc(N2CCC[C@@H](C(C)(C)O)C2)cn1.CC(C)c1ccc(N2CCC[C@@H]([C@@H](C)O)C2)cn1.CC(C)c1ccc(N2CCC[C@@H]([C@H](C)O)C2)cn1.CC(C)c1ccc(N2CCC[C@H]([C@@H](C)O)C2)cn1.CC(C)c1ccc(N2CCC[C@H]([C@H](C)O)C2)cn1. The Morgan fingerprint density at radius 1 is 0.240 bits per heavy atom. The third kappa shape index (κ3) is 39.6. The molecule has 8 aromatic heterocycles. The lowest BCUT2D eigenvalue weighted by molar-refractivity contribution is 0.00645. The van der Waals surface area contributed by atoms with Crippen LogP contribution in [0.1, 0.15) is 369 Å². The van der Waals surface area contributed by atoms with E-state index in [1.165, 1.54) is 70.6 Å². The molecule has 8 aromatic rings. The Kier molecular flexibility index (Phi) is 50.0. The molecule has 0 amide bonds. The van der Waals surface area contributed by atoms with E-state index in [2.05, 4.69) is 298 Å². The van der Waals surface area contributed by atoms with E-state index in [4.69, 9.17) is 4.74 Å². The quantitative estimate of drug-likeness (QED) is 0.0280. The Morgan fingerprint density at radius 3 is 0.620 bits per heavy atom. The minimum absolute atomic E-state index is 0.212. The zero-order chi connectivity index (χ0) is 109. The van der Waals surface area contributed by atoms with Crippen LogP contribution < -0.4 is 39.2 Å².